The Morgan fingerprint density at radius 3 is 2.70 bits per heavy atom. The van der Waals surface area contributed by atoms with Crippen LogP contribution in [0.3, 0.4) is 0 Å². The highest BCUT2D eigenvalue weighted by atomic mass is 127. The van der Waals surface area contributed by atoms with Crippen molar-refractivity contribution in [2.75, 3.05) is 0 Å². The molecule has 2 heterocycles. The number of fused-ring (bicyclic) bond motifs is 1. The number of benzene rings is 1. The average molecular weight is 438 g/mol. The number of halogens is 5. The van der Waals surface area contributed by atoms with Gasteiger partial charge in [0.15, 0.2) is 23.0 Å². The zero-order chi connectivity index (χ0) is 16.8. The number of rotatable bonds is 2. The van der Waals surface area contributed by atoms with Gasteiger partial charge in [0.25, 0.3) is 0 Å². The second kappa shape index (κ2) is 5.58. The first kappa shape index (κ1) is 15.9. The number of aromatic amines is 1. The topological polar surface area (TPSA) is 74.7 Å². The number of nitrogens with one attached hydrogen (secondary N) is 1. The number of aromatic hydroxyl groups is 1. The minimum Gasteiger partial charge on any atom is -0.505 e. The summed E-state index contributed by atoms with van der Waals surface area (Å²) >= 11 is 1.97. The van der Waals surface area contributed by atoms with Crippen molar-refractivity contribution in [1.82, 2.24) is 20.2 Å². The quantitative estimate of drug-likeness (QED) is 0.474. The van der Waals surface area contributed by atoms with Crippen molar-refractivity contribution < 1.29 is 22.7 Å². The van der Waals surface area contributed by atoms with Crippen LogP contribution in [0.2, 0.25) is 0 Å². The van der Waals surface area contributed by atoms with Crippen molar-refractivity contribution in [2.24, 2.45) is 0 Å². The van der Waals surface area contributed by atoms with Crippen molar-refractivity contribution in [1.29, 1.82) is 0 Å². The maximum Gasteiger partial charge on any atom is 0.393 e. The molecule has 0 radical (unpaired) electrons. The van der Waals surface area contributed by atoms with E-state index >= 15 is 0 Å². The minimum absolute atomic E-state index is 0.0986. The van der Waals surface area contributed by atoms with Crippen LogP contribution in [0.1, 0.15) is 5.56 Å². The lowest BCUT2D eigenvalue weighted by molar-refractivity contribution is -0.127. The first-order valence-corrected chi connectivity index (χ1v) is 7.27. The Hall–Kier alpha value is -1.98. The summed E-state index contributed by atoms with van der Waals surface area (Å²) in [5.74, 6) is -2.01. The summed E-state index contributed by atoms with van der Waals surface area (Å²) in [6, 6.07) is 1.52. The highest BCUT2D eigenvalue weighted by Crippen LogP contribution is 2.32. The summed E-state index contributed by atoms with van der Waals surface area (Å²) in [4.78, 5) is 8.03. The van der Waals surface area contributed by atoms with E-state index < -0.39 is 24.2 Å². The summed E-state index contributed by atoms with van der Waals surface area (Å²) in [5, 5.41) is 16.5. The van der Waals surface area contributed by atoms with Crippen molar-refractivity contribution >= 4 is 33.6 Å². The fraction of sp³-hybridized carbons (Fsp3) is 0.154. The van der Waals surface area contributed by atoms with Crippen molar-refractivity contribution in [2.45, 2.75) is 12.6 Å². The van der Waals surface area contributed by atoms with E-state index in [9.17, 15) is 22.7 Å². The van der Waals surface area contributed by atoms with Crippen LogP contribution in [0, 0.1) is 9.52 Å². The molecule has 0 aliphatic rings. The molecule has 0 saturated heterocycles. The van der Waals surface area contributed by atoms with E-state index in [2.05, 4.69) is 20.2 Å². The molecule has 0 bridgehead atoms. The second-order valence-corrected chi connectivity index (χ2v) is 5.80. The van der Waals surface area contributed by atoms with Gasteiger partial charge in [0.1, 0.15) is 3.70 Å². The lowest BCUT2D eigenvalue weighted by Gasteiger charge is -2.12. The van der Waals surface area contributed by atoms with Gasteiger partial charge in [-0.05, 0) is 40.3 Å². The number of phenolic OH excluding ortho intramolecular Hbond substituents is 1. The van der Waals surface area contributed by atoms with Crippen LogP contribution in [0.15, 0.2) is 18.3 Å². The number of H-pyrrole nitrogens is 1. The smallest absolute Gasteiger partial charge is 0.393 e. The molecule has 0 amide bonds. The largest absolute Gasteiger partial charge is 0.505 e. The van der Waals surface area contributed by atoms with Gasteiger partial charge in [-0.2, -0.15) is 18.3 Å². The summed E-state index contributed by atoms with van der Waals surface area (Å²) in [5.41, 5.74) is -0.204. The molecule has 1 aromatic carbocycles. The number of nitrogens with zero attached hydrogens (tertiary/aromatic N) is 3. The molecule has 3 aromatic rings. The highest BCUT2D eigenvalue weighted by molar-refractivity contribution is 14.1. The monoisotopic (exact) mass is 438 g/mol. The van der Waals surface area contributed by atoms with Crippen LogP contribution in [0.25, 0.3) is 22.4 Å². The highest BCUT2D eigenvalue weighted by Gasteiger charge is 2.30. The molecule has 2 aromatic heterocycles. The molecule has 2 N–H and O–H groups in total. The maximum atomic E-state index is 13.6. The van der Waals surface area contributed by atoms with Gasteiger partial charge in [0, 0.05) is 11.8 Å². The molecule has 0 spiro atoms. The molecule has 0 atom stereocenters. The Balaban J connectivity index is 2.17. The van der Waals surface area contributed by atoms with Crippen molar-refractivity contribution in [3.63, 3.8) is 0 Å². The van der Waals surface area contributed by atoms with E-state index in [1.807, 2.05) is 22.6 Å². The maximum absolute atomic E-state index is 13.6. The Kier molecular flexibility index (Phi) is 3.86. The van der Waals surface area contributed by atoms with E-state index in [4.69, 9.17) is 0 Å². The van der Waals surface area contributed by atoms with E-state index in [-0.39, 0.29) is 22.6 Å². The van der Waals surface area contributed by atoms with Crippen LogP contribution in [-0.4, -0.2) is 31.4 Å². The Labute approximate surface area is 139 Å². The molecular formula is C13H7F4IN4O. The fourth-order valence-corrected chi connectivity index (χ4v) is 2.58. The van der Waals surface area contributed by atoms with Gasteiger partial charge >= 0.3 is 6.18 Å². The van der Waals surface area contributed by atoms with Gasteiger partial charge in [-0.25, -0.2) is 14.4 Å². The SMILES string of the molecule is Oc1cc(CC(F)(F)F)c(-c2ncc3c(I)[nH]nc3n2)cc1F. The van der Waals surface area contributed by atoms with Gasteiger partial charge < -0.3 is 5.11 Å². The molecular weight excluding hydrogens is 431 g/mol. The van der Waals surface area contributed by atoms with Crippen molar-refractivity contribution in [3.8, 4) is 17.1 Å². The standard InChI is InChI=1S/C13H7F4IN4O/c14-8-2-6(5(1-9(8)23)3-13(15,16)17)11-19-4-7-10(18)21-22-12(7)20-11/h1-2,4,23H,3H2,(H,19,20,21,22). The summed E-state index contributed by atoms with van der Waals surface area (Å²) < 4.78 is 52.3. The molecule has 0 saturated carbocycles. The fourth-order valence-electron chi connectivity index (χ4n) is 2.08. The summed E-state index contributed by atoms with van der Waals surface area (Å²) in [6.07, 6.45) is -4.47. The van der Waals surface area contributed by atoms with E-state index in [0.717, 1.165) is 12.1 Å². The summed E-state index contributed by atoms with van der Waals surface area (Å²) in [7, 11) is 0. The van der Waals surface area contributed by atoms with Crippen LogP contribution >= 0.6 is 22.6 Å². The molecule has 10 heteroatoms. The molecule has 120 valence electrons. The molecule has 3 rings (SSSR count). The van der Waals surface area contributed by atoms with Gasteiger partial charge in [0.2, 0.25) is 0 Å². The Morgan fingerprint density at radius 2 is 2.00 bits per heavy atom. The third-order valence-electron chi connectivity index (χ3n) is 3.07. The molecule has 23 heavy (non-hydrogen) atoms. The van der Waals surface area contributed by atoms with Crippen LogP contribution in [0.5, 0.6) is 5.75 Å². The predicted molar refractivity (Wildman–Crippen MR) is 81.2 cm³/mol. The zero-order valence-corrected chi connectivity index (χ0v) is 13.3. The summed E-state index contributed by atoms with van der Waals surface area (Å²) in [6.45, 7) is 0. The average Bonchev–Trinajstić information content (AvgIpc) is 2.82. The lowest BCUT2D eigenvalue weighted by atomic mass is 10.0. The molecule has 0 fully saturated rings. The van der Waals surface area contributed by atoms with Gasteiger partial charge in [-0.3, -0.25) is 5.10 Å². The lowest BCUT2D eigenvalue weighted by Crippen LogP contribution is -2.13. The van der Waals surface area contributed by atoms with E-state index in [1.54, 1.807) is 0 Å². The van der Waals surface area contributed by atoms with E-state index in [1.165, 1.54) is 6.20 Å². The third kappa shape index (κ3) is 3.21. The number of hydrogen-bond acceptors (Lipinski definition) is 4. The van der Waals surface area contributed by atoms with Crippen molar-refractivity contribution in [3.05, 3.63) is 33.4 Å². The Morgan fingerprint density at radius 1 is 1.26 bits per heavy atom. The van der Waals surface area contributed by atoms with Gasteiger partial charge in [0.05, 0.1) is 11.8 Å². The van der Waals surface area contributed by atoms with Gasteiger partial charge in [-0.15, -0.1) is 0 Å². The first-order chi connectivity index (χ1) is 10.7. The van der Waals surface area contributed by atoms with Crippen LogP contribution in [-0.2, 0) is 6.42 Å². The molecule has 0 unspecified atom stereocenters. The molecule has 0 aliphatic heterocycles. The predicted octanol–water partition coefficient (Wildman–Crippen LogP) is 3.57. The third-order valence-corrected chi connectivity index (χ3v) is 3.89. The molecule has 0 aliphatic carbocycles. The second-order valence-electron chi connectivity index (χ2n) is 4.72. The van der Waals surface area contributed by atoms with Gasteiger partial charge in [-0.1, -0.05) is 0 Å². The van der Waals surface area contributed by atoms with Crippen LogP contribution < -0.4 is 0 Å². The first-order valence-electron chi connectivity index (χ1n) is 6.20. The number of phenols is 1. The number of hydrogen-bond donors (Lipinski definition) is 2. The Bertz CT molecular complexity index is 894. The number of aromatic nitrogens is 4. The zero-order valence-electron chi connectivity index (χ0n) is 11.1. The van der Waals surface area contributed by atoms with Crippen LogP contribution in [0.4, 0.5) is 17.6 Å². The minimum atomic E-state index is -4.52. The normalized spacial score (nSPS) is 12.0. The number of alkyl halides is 3. The molecule has 5 nitrogen and oxygen atoms in total. The van der Waals surface area contributed by atoms with E-state index in [0.29, 0.717) is 9.09 Å².